The van der Waals surface area contributed by atoms with E-state index in [0.717, 1.165) is 36.4 Å². The van der Waals surface area contributed by atoms with E-state index in [0.29, 0.717) is 6.61 Å². The van der Waals surface area contributed by atoms with Gasteiger partial charge in [0.25, 0.3) is 0 Å². The highest BCUT2D eigenvalue weighted by Crippen LogP contribution is 2.22. The SMILES string of the molecule is CCN(CC)CCOC(=O)Nc1cccc(-c2ccccc2)c1.Cl. The molecule has 0 spiro atoms. The Morgan fingerprint density at radius 2 is 1.67 bits per heavy atom. The molecule has 0 aromatic heterocycles. The highest BCUT2D eigenvalue weighted by molar-refractivity contribution is 5.86. The van der Waals surface area contributed by atoms with Crippen molar-refractivity contribution < 1.29 is 9.53 Å². The van der Waals surface area contributed by atoms with Gasteiger partial charge in [0.15, 0.2) is 0 Å². The Kier molecular flexibility index (Phi) is 8.90. The fourth-order valence-corrected chi connectivity index (χ4v) is 2.37. The predicted octanol–water partition coefficient (Wildman–Crippen LogP) is 4.67. The van der Waals surface area contributed by atoms with Crippen LogP contribution in [0.2, 0.25) is 0 Å². The van der Waals surface area contributed by atoms with Crippen molar-refractivity contribution in [1.29, 1.82) is 0 Å². The first-order chi connectivity index (χ1) is 11.2. The first kappa shape index (κ1) is 20.0. The van der Waals surface area contributed by atoms with Crippen LogP contribution in [0.5, 0.6) is 0 Å². The lowest BCUT2D eigenvalue weighted by Gasteiger charge is -2.17. The third-order valence-corrected chi connectivity index (χ3v) is 3.75. The second-order valence-electron chi connectivity index (χ2n) is 5.23. The van der Waals surface area contributed by atoms with E-state index in [-0.39, 0.29) is 12.4 Å². The van der Waals surface area contributed by atoms with E-state index in [9.17, 15) is 4.79 Å². The maximum Gasteiger partial charge on any atom is 0.411 e. The molecule has 24 heavy (non-hydrogen) atoms. The summed E-state index contributed by atoms with van der Waals surface area (Å²) < 4.78 is 5.23. The third-order valence-electron chi connectivity index (χ3n) is 3.75. The maximum absolute atomic E-state index is 11.9. The molecule has 0 fully saturated rings. The smallest absolute Gasteiger partial charge is 0.411 e. The molecular formula is C19H25ClN2O2. The lowest BCUT2D eigenvalue weighted by molar-refractivity contribution is 0.142. The van der Waals surface area contributed by atoms with Gasteiger partial charge >= 0.3 is 6.09 Å². The summed E-state index contributed by atoms with van der Waals surface area (Å²) in [5.74, 6) is 0. The van der Waals surface area contributed by atoms with Crippen molar-refractivity contribution in [1.82, 2.24) is 4.90 Å². The number of hydrogen-bond acceptors (Lipinski definition) is 3. The number of ether oxygens (including phenoxy) is 1. The molecule has 0 unspecified atom stereocenters. The van der Waals surface area contributed by atoms with E-state index in [4.69, 9.17) is 4.74 Å². The van der Waals surface area contributed by atoms with Crippen LogP contribution in [0.4, 0.5) is 10.5 Å². The molecule has 1 N–H and O–H groups in total. The first-order valence-corrected chi connectivity index (χ1v) is 8.04. The van der Waals surface area contributed by atoms with E-state index in [1.165, 1.54) is 0 Å². The monoisotopic (exact) mass is 348 g/mol. The number of nitrogens with zero attached hydrogens (tertiary/aromatic N) is 1. The summed E-state index contributed by atoms with van der Waals surface area (Å²) in [6.07, 6.45) is -0.414. The standard InChI is InChI=1S/C19H24N2O2.ClH/c1-3-21(4-2)13-14-23-19(22)20-18-12-8-11-17(15-18)16-9-6-5-7-10-16;/h5-12,15H,3-4,13-14H2,1-2H3,(H,20,22);1H. The van der Waals surface area contributed by atoms with Gasteiger partial charge in [-0.1, -0.05) is 56.3 Å². The number of nitrogens with one attached hydrogen (secondary N) is 1. The molecule has 0 bridgehead atoms. The molecule has 130 valence electrons. The number of amides is 1. The molecule has 0 aliphatic heterocycles. The predicted molar refractivity (Wildman–Crippen MR) is 102 cm³/mol. The lowest BCUT2D eigenvalue weighted by Crippen LogP contribution is -2.28. The van der Waals surface area contributed by atoms with Crippen LogP contribution >= 0.6 is 12.4 Å². The van der Waals surface area contributed by atoms with Gasteiger partial charge < -0.3 is 9.64 Å². The summed E-state index contributed by atoms with van der Waals surface area (Å²) in [5.41, 5.74) is 2.91. The molecule has 2 aromatic carbocycles. The molecule has 0 aliphatic rings. The van der Waals surface area contributed by atoms with Gasteiger partial charge in [-0.15, -0.1) is 12.4 Å². The quantitative estimate of drug-likeness (QED) is 0.790. The fraction of sp³-hybridized carbons (Fsp3) is 0.316. The Hall–Kier alpha value is -2.04. The molecule has 0 atom stereocenters. The summed E-state index contributed by atoms with van der Waals surface area (Å²) in [6.45, 7) is 7.26. The molecule has 0 saturated carbocycles. The Bertz CT molecular complexity index is 616. The number of likely N-dealkylation sites (N-methyl/N-ethyl adjacent to an activating group) is 1. The van der Waals surface area contributed by atoms with Crippen molar-refractivity contribution >= 4 is 24.2 Å². The van der Waals surface area contributed by atoms with E-state index < -0.39 is 6.09 Å². The second-order valence-corrected chi connectivity index (χ2v) is 5.23. The molecule has 4 nitrogen and oxygen atoms in total. The first-order valence-electron chi connectivity index (χ1n) is 8.04. The van der Waals surface area contributed by atoms with Crippen molar-refractivity contribution in [2.24, 2.45) is 0 Å². The zero-order chi connectivity index (χ0) is 16.5. The summed E-state index contributed by atoms with van der Waals surface area (Å²) >= 11 is 0. The van der Waals surface area contributed by atoms with Gasteiger partial charge in [-0.2, -0.15) is 0 Å². The normalized spacial score (nSPS) is 10.1. The van der Waals surface area contributed by atoms with Gasteiger partial charge in [-0.05, 0) is 36.3 Å². The highest BCUT2D eigenvalue weighted by Gasteiger charge is 2.06. The van der Waals surface area contributed by atoms with E-state index in [1.807, 2.05) is 54.6 Å². The van der Waals surface area contributed by atoms with Gasteiger partial charge in [0, 0.05) is 12.2 Å². The third kappa shape index (κ3) is 6.22. The van der Waals surface area contributed by atoms with Crippen molar-refractivity contribution in [3.63, 3.8) is 0 Å². The minimum absolute atomic E-state index is 0. The van der Waals surface area contributed by atoms with Crippen LogP contribution in [0.3, 0.4) is 0 Å². The van der Waals surface area contributed by atoms with Crippen LogP contribution < -0.4 is 5.32 Å². The number of halogens is 1. The van der Waals surface area contributed by atoms with Crippen LogP contribution in [0, 0.1) is 0 Å². The van der Waals surface area contributed by atoms with Gasteiger partial charge in [-0.25, -0.2) is 4.79 Å². The highest BCUT2D eigenvalue weighted by atomic mass is 35.5. The zero-order valence-corrected chi connectivity index (χ0v) is 15.0. The van der Waals surface area contributed by atoms with Crippen LogP contribution in [0.1, 0.15) is 13.8 Å². The van der Waals surface area contributed by atoms with Crippen molar-refractivity contribution in [3.8, 4) is 11.1 Å². The summed E-state index contributed by atoms with van der Waals surface area (Å²) in [7, 11) is 0. The Labute approximate surface area is 150 Å². The van der Waals surface area contributed by atoms with Crippen molar-refractivity contribution in [2.45, 2.75) is 13.8 Å². The van der Waals surface area contributed by atoms with Gasteiger partial charge in [0.1, 0.15) is 6.61 Å². The molecule has 0 heterocycles. The Morgan fingerprint density at radius 1 is 1.00 bits per heavy atom. The number of benzene rings is 2. The van der Waals surface area contributed by atoms with E-state index in [2.05, 4.69) is 24.1 Å². The number of rotatable bonds is 7. The van der Waals surface area contributed by atoms with Gasteiger partial charge in [-0.3, -0.25) is 5.32 Å². The molecule has 2 aromatic rings. The van der Waals surface area contributed by atoms with Gasteiger partial charge in [0.2, 0.25) is 0 Å². The van der Waals surface area contributed by atoms with Gasteiger partial charge in [0.05, 0.1) is 0 Å². The van der Waals surface area contributed by atoms with Crippen LogP contribution in [-0.4, -0.2) is 37.2 Å². The van der Waals surface area contributed by atoms with E-state index in [1.54, 1.807) is 0 Å². The second kappa shape index (κ2) is 10.7. The summed E-state index contributed by atoms with van der Waals surface area (Å²) in [5, 5.41) is 2.78. The van der Waals surface area contributed by atoms with Crippen LogP contribution in [0.15, 0.2) is 54.6 Å². The lowest BCUT2D eigenvalue weighted by atomic mass is 10.1. The maximum atomic E-state index is 11.9. The molecule has 1 amide bonds. The summed E-state index contributed by atoms with van der Waals surface area (Å²) in [4.78, 5) is 14.1. The Morgan fingerprint density at radius 3 is 2.33 bits per heavy atom. The minimum Gasteiger partial charge on any atom is -0.448 e. The van der Waals surface area contributed by atoms with Crippen LogP contribution in [0.25, 0.3) is 11.1 Å². The van der Waals surface area contributed by atoms with Crippen molar-refractivity contribution in [3.05, 3.63) is 54.6 Å². The average molecular weight is 349 g/mol. The van der Waals surface area contributed by atoms with Crippen molar-refractivity contribution in [2.75, 3.05) is 31.6 Å². The fourth-order valence-electron chi connectivity index (χ4n) is 2.37. The van der Waals surface area contributed by atoms with Crippen LogP contribution in [-0.2, 0) is 4.74 Å². The number of carbonyl (C=O) groups excluding carboxylic acids is 1. The molecule has 0 saturated heterocycles. The Balaban J connectivity index is 0.00000288. The molecule has 2 rings (SSSR count). The molecule has 5 heteroatoms. The topological polar surface area (TPSA) is 41.6 Å². The summed E-state index contributed by atoms with van der Waals surface area (Å²) in [6, 6.07) is 17.8. The number of anilines is 1. The largest absolute Gasteiger partial charge is 0.448 e. The number of carbonyl (C=O) groups is 1. The molecular weight excluding hydrogens is 324 g/mol. The van der Waals surface area contributed by atoms with E-state index >= 15 is 0 Å². The average Bonchev–Trinajstić information content (AvgIpc) is 2.60. The minimum atomic E-state index is -0.414. The molecule has 0 radical (unpaired) electrons. The zero-order valence-electron chi connectivity index (χ0n) is 14.2. The number of hydrogen-bond donors (Lipinski definition) is 1. The molecule has 0 aliphatic carbocycles.